The van der Waals surface area contributed by atoms with E-state index in [1.165, 1.54) is 19.2 Å². The summed E-state index contributed by atoms with van der Waals surface area (Å²) in [4.78, 5) is 37.3. The third-order valence-electron chi connectivity index (χ3n) is 4.60. The van der Waals surface area contributed by atoms with Gasteiger partial charge in [-0.25, -0.2) is 4.79 Å². The molecular weight excluding hydrogens is 384 g/mol. The van der Waals surface area contributed by atoms with Crippen LogP contribution < -0.4 is 0 Å². The van der Waals surface area contributed by atoms with E-state index in [2.05, 4.69) is 6.58 Å². The van der Waals surface area contributed by atoms with E-state index in [4.69, 9.17) is 9.15 Å². The molecule has 0 radical (unpaired) electrons. The van der Waals surface area contributed by atoms with Gasteiger partial charge in [-0.1, -0.05) is 24.8 Å². The zero-order valence-corrected chi connectivity index (χ0v) is 16.5. The summed E-state index contributed by atoms with van der Waals surface area (Å²) in [7, 11) is 1.33. The fourth-order valence-corrected chi connectivity index (χ4v) is 2.91. The molecule has 0 bridgehead atoms. The van der Waals surface area contributed by atoms with Crippen LogP contribution in [0.1, 0.15) is 23.0 Å². The lowest BCUT2D eigenvalue weighted by atomic mass is 9.95. The lowest BCUT2D eigenvalue weighted by Crippen LogP contribution is -2.39. The van der Waals surface area contributed by atoms with Gasteiger partial charge in [0.2, 0.25) is 0 Å². The molecule has 0 spiro atoms. The minimum absolute atomic E-state index is 0.0749. The average Bonchev–Trinajstić information content (AvgIpc) is 3.23. The number of likely N-dealkylation sites (N-methyl/N-ethyl adjacent to an activating group) is 1. The van der Waals surface area contributed by atoms with Crippen molar-refractivity contribution in [2.75, 3.05) is 13.7 Å². The van der Waals surface area contributed by atoms with Gasteiger partial charge >= 0.3 is 5.97 Å². The third kappa shape index (κ3) is 3.84. The largest absolute Gasteiger partial charge is 0.458 e. The summed E-state index contributed by atoms with van der Waals surface area (Å²) in [6.45, 7) is 5.19. The van der Waals surface area contributed by atoms with Crippen LogP contribution in [0.3, 0.4) is 0 Å². The standard InChI is InChI=1S/C23H18N2O5/c1-4-11-29-23(28)16-7-5-15(6-8-16)20-10-9-17(30-20)12-18-14(2)19(13-24)22(27)25(3)21(18)26/h4-10,12H,1,11H2,2-3H3/b18-12+. The lowest BCUT2D eigenvalue weighted by molar-refractivity contribution is -0.138. The van der Waals surface area contributed by atoms with E-state index in [0.717, 1.165) is 10.5 Å². The van der Waals surface area contributed by atoms with Crippen LogP contribution in [0.5, 0.6) is 0 Å². The van der Waals surface area contributed by atoms with Crippen molar-refractivity contribution < 1.29 is 23.5 Å². The monoisotopic (exact) mass is 402 g/mol. The number of rotatable bonds is 5. The molecule has 2 amide bonds. The Kier molecular flexibility index (Phi) is 5.79. The lowest BCUT2D eigenvalue weighted by Gasteiger charge is -2.23. The molecule has 0 atom stereocenters. The van der Waals surface area contributed by atoms with Crippen LogP contribution in [0.4, 0.5) is 0 Å². The highest BCUT2D eigenvalue weighted by molar-refractivity contribution is 6.19. The smallest absolute Gasteiger partial charge is 0.338 e. The predicted octanol–water partition coefficient (Wildman–Crippen LogP) is 3.51. The molecule has 0 unspecified atom stereocenters. The number of imide groups is 1. The number of furan rings is 1. The normalized spacial score (nSPS) is 15.4. The molecule has 3 rings (SSSR count). The van der Waals surface area contributed by atoms with Crippen molar-refractivity contribution >= 4 is 23.9 Å². The number of amides is 2. The van der Waals surface area contributed by atoms with Crippen molar-refractivity contribution in [3.63, 3.8) is 0 Å². The van der Waals surface area contributed by atoms with Gasteiger partial charge in [-0.05, 0) is 42.8 Å². The first-order chi connectivity index (χ1) is 14.4. The first kappa shape index (κ1) is 20.6. The van der Waals surface area contributed by atoms with Crippen LogP contribution in [-0.2, 0) is 14.3 Å². The Labute approximate surface area is 173 Å². The highest BCUT2D eigenvalue weighted by Gasteiger charge is 2.33. The van der Waals surface area contributed by atoms with E-state index in [0.29, 0.717) is 22.7 Å². The first-order valence-electron chi connectivity index (χ1n) is 9.01. The van der Waals surface area contributed by atoms with E-state index >= 15 is 0 Å². The summed E-state index contributed by atoms with van der Waals surface area (Å²) in [5, 5.41) is 9.23. The summed E-state index contributed by atoms with van der Waals surface area (Å²) in [6, 6.07) is 11.9. The Bertz CT molecular complexity index is 1140. The van der Waals surface area contributed by atoms with Crippen LogP contribution in [-0.4, -0.2) is 36.3 Å². The van der Waals surface area contributed by atoms with Crippen molar-refractivity contribution in [1.29, 1.82) is 5.26 Å². The molecular formula is C23H18N2O5. The second-order valence-corrected chi connectivity index (χ2v) is 6.51. The summed E-state index contributed by atoms with van der Waals surface area (Å²) in [5.74, 6) is -0.651. The molecule has 1 aliphatic rings. The van der Waals surface area contributed by atoms with Gasteiger partial charge in [0.1, 0.15) is 29.8 Å². The maximum absolute atomic E-state index is 12.5. The molecule has 2 heterocycles. The Morgan fingerprint density at radius 3 is 2.53 bits per heavy atom. The number of hydrogen-bond donors (Lipinski definition) is 0. The highest BCUT2D eigenvalue weighted by atomic mass is 16.5. The first-order valence-corrected chi connectivity index (χ1v) is 9.01. The molecule has 30 heavy (non-hydrogen) atoms. The SMILES string of the molecule is C=CCOC(=O)c1ccc(-c2ccc(/C=C3/C(=O)N(C)C(=O)C(C#N)=C3C)o2)cc1. The maximum atomic E-state index is 12.5. The highest BCUT2D eigenvalue weighted by Crippen LogP contribution is 2.28. The summed E-state index contributed by atoms with van der Waals surface area (Å²) in [5.41, 5.74) is 1.59. The number of carbonyl (C=O) groups is 3. The van der Waals surface area contributed by atoms with E-state index in [1.807, 2.05) is 6.07 Å². The predicted molar refractivity (Wildman–Crippen MR) is 109 cm³/mol. The van der Waals surface area contributed by atoms with Gasteiger partial charge in [0.25, 0.3) is 11.8 Å². The summed E-state index contributed by atoms with van der Waals surface area (Å²) in [6.07, 6.45) is 2.99. The Balaban J connectivity index is 1.88. The Morgan fingerprint density at radius 1 is 1.20 bits per heavy atom. The molecule has 0 aliphatic carbocycles. The quantitative estimate of drug-likeness (QED) is 0.328. The third-order valence-corrected chi connectivity index (χ3v) is 4.60. The zero-order chi connectivity index (χ0) is 21.8. The van der Waals surface area contributed by atoms with Crippen molar-refractivity contribution in [2.45, 2.75) is 6.92 Å². The zero-order valence-electron chi connectivity index (χ0n) is 16.5. The summed E-state index contributed by atoms with van der Waals surface area (Å²) >= 11 is 0. The van der Waals surface area contributed by atoms with Crippen molar-refractivity contribution in [3.05, 3.63) is 77.1 Å². The average molecular weight is 402 g/mol. The number of nitriles is 1. The minimum atomic E-state index is -0.621. The number of esters is 1. The molecule has 1 aromatic heterocycles. The van der Waals surface area contributed by atoms with Gasteiger partial charge < -0.3 is 9.15 Å². The van der Waals surface area contributed by atoms with Gasteiger partial charge in [-0.2, -0.15) is 5.26 Å². The molecule has 0 N–H and O–H groups in total. The molecule has 1 aliphatic heterocycles. The second kappa shape index (κ2) is 8.45. The molecule has 0 fully saturated rings. The fraction of sp³-hybridized carbons (Fsp3) is 0.130. The van der Waals surface area contributed by atoms with Crippen LogP contribution in [0.15, 0.2) is 70.2 Å². The van der Waals surface area contributed by atoms with Crippen LogP contribution in [0.25, 0.3) is 17.4 Å². The number of carbonyl (C=O) groups excluding carboxylic acids is 3. The number of nitrogens with zero attached hydrogens (tertiary/aromatic N) is 2. The van der Waals surface area contributed by atoms with Gasteiger partial charge in [-0.15, -0.1) is 0 Å². The Hall–Kier alpha value is -4.18. The number of hydrogen-bond acceptors (Lipinski definition) is 6. The van der Waals surface area contributed by atoms with Gasteiger partial charge in [0.15, 0.2) is 0 Å². The molecule has 1 aromatic carbocycles. The van der Waals surface area contributed by atoms with E-state index in [-0.39, 0.29) is 17.8 Å². The molecule has 0 saturated heterocycles. The minimum Gasteiger partial charge on any atom is -0.458 e. The number of benzene rings is 1. The Morgan fingerprint density at radius 2 is 1.90 bits per heavy atom. The van der Waals surface area contributed by atoms with E-state index < -0.39 is 17.8 Å². The maximum Gasteiger partial charge on any atom is 0.338 e. The molecule has 0 saturated carbocycles. The van der Waals surface area contributed by atoms with Crippen molar-refractivity contribution in [1.82, 2.24) is 4.90 Å². The summed E-state index contributed by atoms with van der Waals surface area (Å²) < 4.78 is 10.8. The second-order valence-electron chi connectivity index (χ2n) is 6.51. The molecule has 2 aromatic rings. The molecule has 7 heteroatoms. The molecule has 150 valence electrons. The van der Waals surface area contributed by atoms with Crippen molar-refractivity contribution in [3.8, 4) is 17.4 Å². The molecule has 7 nitrogen and oxygen atoms in total. The van der Waals surface area contributed by atoms with Gasteiger partial charge in [-0.3, -0.25) is 14.5 Å². The number of ether oxygens (including phenoxy) is 1. The van der Waals surface area contributed by atoms with Gasteiger partial charge in [0, 0.05) is 18.2 Å². The van der Waals surface area contributed by atoms with Crippen LogP contribution >= 0.6 is 0 Å². The van der Waals surface area contributed by atoms with Crippen molar-refractivity contribution in [2.24, 2.45) is 0 Å². The van der Waals surface area contributed by atoms with E-state index in [9.17, 15) is 19.6 Å². The van der Waals surface area contributed by atoms with Crippen LogP contribution in [0, 0.1) is 11.3 Å². The van der Waals surface area contributed by atoms with E-state index in [1.54, 1.807) is 43.3 Å². The fourth-order valence-electron chi connectivity index (χ4n) is 2.91. The topological polar surface area (TPSA) is 101 Å². The van der Waals surface area contributed by atoms with Gasteiger partial charge in [0.05, 0.1) is 5.56 Å². The van der Waals surface area contributed by atoms with Crippen LogP contribution in [0.2, 0.25) is 0 Å².